The summed E-state index contributed by atoms with van der Waals surface area (Å²) in [6.07, 6.45) is 0. The Labute approximate surface area is 111 Å². The van der Waals surface area contributed by atoms with Crippen LogP contribution in [0.5, 0.6) is 0 Å². The van der Waals surface area contributed by atoms with Gasteiger partial charge in [-0.1, -0.05) is 0 Å². The maximum Gasteiger partial charge on any atom is 0.223 e. The van der Waals surface area contributed by atoms with Gasteiger partial charge in [0.05, 0.1) is 5.69 Å². The Kier molecular flexibility index (Phi) is 3.32. The van der Waals surface area contributed by atoms with Crippen LogP contribution in [0.1, 0.15) is 12.6 Å². The molecule has 0 bridgehead atoms. The van der Waals surface area contributed by atoms with Crippen molar-refractivity contribution >= 4 is 22.4 Å². The van der Waals surface area contributed by atoms with Gasteiger partial charge in [0.2, 0.25) is 5.91 Å². The lowest BCUT2D eigenvalue weighted by Crippen LogP contribution is -2.25. The lowest BCUT2D eigenvalue weighted by atomic mass is 10.0. The van der Waals surface area contributed by atoms with Crippen molar-refractivity contribution in [3.05, 3.63) is 11.1 Å². The molecule has 0 aromatic carbocycles. The predicted octanol–water partition coefficient (Wildman–Crippen LogP) is 0.753. The third-order valence-electron chi connectivity index (χ3n) is 3.69. The van der Waals surface area contributed by atoms with Crippen LogP contribution in [-0.2, 0) is 11.3 Å². The maximum atomic E-state index is 10.9. The summed E-state index contributed by atoms with van der Waals surface area (Å²) >= 11 is 1.50. The Bertz CT molecular complexity index is 435. The number of likely N-dealkylation sites (tertiary alicyclic amines) is 1. The van der Waals surface area contributed by atoms with Gasteiger partial charge in [0.25, 0.3) is 0 Å². The third-order valence-corrected chi connectivity index (χ3v) is 4.49. The first-order chi connectivity index (χ1) is 8.70. The van der Waals surface area contributed by atoms with Gasteiger partial charge in [-0.2, -0.15) is 0 Å². The molecule has 3 heterocycles. The van der Waals surface area contributed by atoms with Gasteiger partial charge in [-0.15, -0.1) is 11.3 Å². The number of hydrogen-bond acceptors (Lipinski definition) is 5. The van der Waals surface area contributed by atoms with E-state index in [4.69, 9.17) is 0 Å². The van der Waals surface area contributed by atoms with Crippen molar-refractivity contribution in [3.8, 4) is 0 Å². The fourth-order valence-corrected chi connectivity index (χ4v) is 3.65. The normalized spacial score (nSPS) is 27.4. The second-order valence-electron chi connectivity index (χ2n) is 5.20. The van der Waals surface area contributed by atoms with Crippen LogP contribution in [-0.4, -0.2) is 42.0 Å². The lowest BCUT2D eigenvalue weighted by Gasteiger charge is -2.14. The molecule has 1 amide bonds. The lowest BCUT2D eigenvalue weighted by molar-refractivity contribution is -0.114. The molecule has 0 unspecified atom stereocenters. The van der Waals surface area contributed by atoms with Gasteiger partial charge in [-0.25, -0.2) is 4.98 Å². The Morgan fingerprint density at radius 3 is 2.94 bits per heavy atom. The van der Waals surface area contributed by atoms with Gasteiger partial charge in [0.1, 0.15) is 0 Å². The highest BCUT2D eigenvalue weighted by Crippen LogP contribution is 2.28. The number of rotatable bonds is 3. The Morgan fingerprint density at radius 1 is 1.56 bits per heavy atom. The number of nitrogens with one attached hydrogen (secondary N) is 2. The van der Waals surface area contributed by atoms with Crippen LogP contribution < -0.4 is 10.6 Å². The molecule has 1 aromatic rings. The molecular weight excluding hydrogens is 248 g/mol. The van der Waals surface area contributed by atoms with Crippen molar-refractivity contribution in [1.82, 2.24) is 15.2 Å². The zero-order valence-corrected chi connectivity index (χ0v) is 11.3. The van der Waals surface area contributed by atoms with Crippen LogP contribution >= 0.6 is 11.3 Å². The van der Waals surface area contributed by atoms with Gasteiger partial charge >= 0.3 is 0 Å². The third kappa shape index (κ3) is 2.55. The van der Waals surface area contributed by atoms with E-state index in [1.54, 1.807) is 0 Å². The van der Waals surface area contributed by atoms with Crippen LogP contribution in [0.25, 0.3) is 0 Å². The minimum absolute atomic E-state index is 0.0577. The van der Waals surface area contributed by atoms with Gasteiger partial charge < -0.3 is 10.6 Å². The fourth-order valence-electron chi connectivity index (χ4n) is 2.90. The average molecular weight is 266 g/mol. The first-order valence-corrected chi connectivity index (χ1v) is 7.24. The predicted molar refractivity (Wildman–Crippen MR) is 71.5 cm³/mol. The molecule has 6 heteroatoms. The van der Waals surface area contributed by atoms with Crippen LogP contribution in [0.15, 0.2) is 5.38 Å². The Hall–Kier alpha value is -0.980. The summed E-state index contributed by atoms with van der Waals surface area (Å²) in [7, 11) is 0. The van der Waals surface area contributed by atoms with E-state index in [1.165, 1.54) is 31.4 Å². The molecule has 3 rings (SSSR count). The van der Waals surface area contributed by atoms with E-state index in [0.717, 1.165) is 37.2 Å². The number of carbonyl (C=O) groups excluding carboxylic acids is 1. The number of hydrogen-bond donors (Lipinski definition) is 2. The number of amides is 1. The molecule has 2 atom stereocenters. The second-order valence-corrected chi connectivity index (χ2v) is 6.06. The summed E-state index contributed by atoms with van der Waals surface area (Å²) in [4.78, 5) is 17.8. The highest BCUT2D eigenvalue weighted by atomic mass is 32.1. The standard InChI is InChI=1S/C12H18N4OS/c1-8(17)14-12-15-11(7-18-12)6-16-4-9-2-13-3-10(9)5-16/h7,9-10,13H,2-6H2,1H3,(H,14,15,17)/t9-,10+. The number of carbonyl (C=O) groups is 1. The number of anilines is 1. The maximum absolute atomic E-state index is 10.9. The molecule has 2 fully saturated rings. The first-order valence-electron chi connectivity index (χ1n) is 6.36. The Balaban J connectivity index is 1.57. The van der Waals surface area contributed by atoms with E-state index in [0.29, 0.717) is 5.13 Å². The molecule has 0 spiro atoms. The zero-order chi connectivity index (χ0) is 12.5. The second kappa shape index (κ2) is 4.95. The van der Waals surface area contributed by atoms with Crippen molar-refractivity contribution < 1.29 is 4.79 Å². The summed E-state index contributed by atoms with van der Waals surface area (Å²) < 4.78 is 0. The SMILES string of the molecule is CC(=O)Nc1nc(CN2C[C@H]3CNC[C@H]3C2)cs1. The van der Waals surface area contributed by atoms with E-state index in [-0.39, 0.29) is 5.91 Å². The average Bonchev–Trinajstić information content (AvgIpc) is 2.93. The molecule has 2 aliphatic rings. The molecule has 2 N–H and O–H groups in total. The molecule has 98 valence electrons. The molecule has 0 saturated carbocycles. The van der Waals surface area contributed by atoms with Crippen molar-refractivity contribution in [3.63, 3.8) is 0 Å². The van der Waals surface area contributed by atoms with E-state index < -0.39 is 0 Å². The molecule has 0 radical (unpaired) electrons. The van der Waals surface area contributed by atoms with Gasteiger partial charge in [-0.3, -0.25) is 9.69 Å². The van der Waals surface area contributed by atoms with Crippen molar-refractivity contribution in [1.29, 1.82) is 0 Å². The van der Waals surface area contributed by atoms with Gasteiger partial charge in [0, 0.05) is 31.9 Å². The summed E-state index contributed by atoms with van der Waals surface area (Å²) in [5.41, 5.74) is 1.07. The number of thiazole rings is 1. The minimum atomic E-state index is -0.0577. The van der Waals surface area contributed by atoms with Gasteiger partial charge in [-0.05, 0) is 24.9 Å². The molecule has 2 saturated heterocycles. The Morgan fingerprint density at radius 2 is 2.28 bits per heavy atom. The molecule has 18 heavy (non-hydrogen) atoms. The number of fused-ring (bicyclic) bond motifs is 1. The summed E-state index contributed by atoms with van der Waals surface area (Å²) in [5.74, 6) is 1.58. The van der Waals surface area contributed by atoms with E-state index >= 15 is 0 Å². The highest BCUT2D eigenvalue weighted by molar-refractivity contribution is 7.13. The molecule has 1 aromatic heterocycles. The van der Waals surface area contributed by atoms with E-state index in [1.807, 2.05) is 5.38 Å². The van der Waals surface area contributed by atoms with E-state index in [2.05, 4.69) is 20.5 Å². The largest absolute Gasteiger partial charge is 0.316 e. The van der Waals surface area contributed by atoms with Crippen LogP contribution in [0.4, 0.5) is 5.13 Å². The monoisotopic (exact) mass is 266 g/mol. The van der Waals surface area contributed by atoms with E-state index in [9.17, 15) is 4.79 Å². The highest BCUT2D eigenvalue weighted by Gasteiger charge is 2.35. The first kappa shape index (κ1) is 12.1. The number of aromatic nitrogens is 1. The summed E-state index contributed by atoms with van der Waals surface area (Å²) in [6.45, 7) is 7.08. The topological polar surface area (TPSA) is 57.3 Å². The smallest absolute Gasteiger partial charge is 0.223 e. The van der Waals surface area contributed by atoms with Crippen LogP contribution in [0, 0.1) is 11.8 Å². The number of nitrogens with zero attached hydrogens (tertiary/aromatic N) is 2. The molecule has 2 aliphatic heterocycles. The quantitative estimate of drug-likeness (QED) is 0.848. The van der Waals surface area contributed by atoms with Crippen molar-refractivity contribution in [2.75, 3.05) is 31.5 Å². The van der Waals surface area contributed by atoms with Gasteiger partial charge in [0.15, 0.2) is 5.13 Å². The zero-order valence-electron chi connectivity index (χ0n) is 10.5. The van der Waals surface area contributed by atoms with Crippen molar-refractivity contribution in [2.45, 2.75) is 13.5 Å². The molecule has 5 nitrogen and oxygen atoms in total. The van der Waals surface area contributed by atoms with Crippen LogP contribution in [0.2, 0.25) is 0 Å². The molecular formula is C12H18N4OS. The summed E-state index contributed by atoms with van der Waals surface area (Å²) in [6, 6.07) is 0. The fraction of sp³-hybridized carbons (Fsp3) is 0.667. The molecule has 0 aliphatic carbocycles. The summed E-state index contributed by atoms with van der Waals surface area (Å²) in [5, 5.41) is 8.92. The minimum Gasteiger partial charge on any atom is -0.316 e. The van der Waals surface area contributed by atoms with Crippen LogP contribution in [0.3, 0.4) is 0 Å². The van der Waals surface area contributed by atoms with Crippen molar-refractivity contribution in [2.24, 2.45) is 11.8 Å².